The zero-order valence-corrected chi connectivity index (χ0v) is 13.1. The number of rotatable bonds is 6. The van der Waals surface area contributed by atoms with Crippen LogP contribution < -0.4 is 15.8 Å². The van der Waals surface area contributed by atoms with Crippen LogP contribution in [0.1, 0.15) is 13.8 Å². The van der Waals surface area contributed by atoms with Gasteiger partial charge < -0.3 is 15.8 Å². The lowest BCUT2D eigenvalue weighted by molar-refractivity contribution is 0.321. The molecule has 0 aliphatic heterocycles. The highest BCUT2D eigenvalue weighted by atomic mass is 127. The summed E-state index contributed by atoms with van der Waals surface area (Å²) in [6.07, 6.45) is 3.39. The van der Waals surface area contributed by atoms with Crippen molar-refractivity contribution in [2.45, 2.75) is 13.8 Å². The van der Waals surface area contributed by atoms with Crippen LogP contribution in [0, 0.1) is 5.92 Å². The lowest BCUT2D eigenvalue weighted by atomic mass is 10.2. The minimum atomic E-state index is 0. The normalized spacial score (nSPS) is 10.9. The van der Waals surface area contributed by atoms with Crippen molar-refractivity contribution in [3.63, 3.8) is 0 Å². The summed E-state index contributed by atoms with van der Waals surface area (Å²) in [6, 6.07) is 3.70. The van der Waals surface area contributed by atoms with Gasteiger partial charge in [0.2, 0.25) is 0 Å². The summed E-state index contributed by atoms with van der Waals surface area (Å²) >= 11 is 0. The average molecular weight is 364 g/mol. The average Bonchev–Trinajstić information content (AvgIpc) is 2.33. The summed E-state index contributed by atoms with van der Waals surface area (Å²) < 4.78 is 5.45. The van der Waals surface area contributed by atoms with Crippen LogP contribution in [0.15, 0.2) is 29.5 Å². The molecule has 0 spiro atoms. The summed E-state index contributed by atoms with van der Waals surface area (Å²) in [4.78, 5) is 8.14. The molecule has 18 heavy (non-hydrogen) atoms. The third kappa shape index (κ3) is 8.10. The molecule has 0 atom stereocenters. The third-order valence-electron chi connectivity index (χ3n) is 1.94. The molecule has 0 fully saturated rings. The fraction of sp³-hybridized carbons (Fsp3) is 0.500. The van der Waals surface area contributed by atoms with Gasteiger partial charge in [-0.2, -0.15) is 0 Å². The van der Waals surface area contributed by atoms with E-state index in [2.05, 4.69) is 29.1 Å². The van der Waals surface area contributed by atoms with Gasteiger partial charge in [-0.05, 0) is 18.1 Å². The lowest BCUT2D eigenvalue weighted by Gasteiger charge is -2.08. The fourth-order valence-electron chi connectivity index (χ4n) is 1.12. The number of pyridine rings is 1. The number of nitrogens with one attached hydrogen (secondary N) is 1. The Morgan fingerprint density at radius 1 is 1.56 bits per heavy atom. The number of guanidine groups is 1. The van der Waals surface area contributed by atoms with Gasteiger partial charge in [0.1, 0.15) is 12.4 Å². The molecule has 0 radical (unpaired) electrons. The van der Waals surface area contributed by atoms with Gasteiger partial charge in [0.05, 0.1) is 12.7 Å². The van der Waals surface area contributed by atoms with Crippen molar-refractivity contribution in [1.82, 2.24) is 10.3 Å². The molecule has 0 aliphatic rings. The second kappa shape index (κ2) is 9.93. The van der Waals surface area contributed by atoms with E-state index >= 15 is 0 Å². The van der Waals surface area contributed by atoms with Gasteiger partial charge >= 0.3 is 0 Å². The number of nitrogens with zero attached hydrogens (tertiary/aromatic N) is 2. The first-order valence-electron chi connectivity index (χ1n) is 5.75. The highest BCUT2D eigenvalue weighted by molar-refractivity contribution is 14.0. The first kappa shape index (κ1) is 16.9. The molecule has 5 nitrogen and oxygen atoms in total. The predicted molar refractivity (Wildman–Crippen MR) is 84.5 cm³/mol. The number of nitrogens with two attached hydrogens (primary N) is 1. The number of hydrogen-bond donors (Lipinski definition) is 2. The minimum absolute atomic E-state index is 0. The number of halogens is 1. The van der Waals surface area contributed by atoms with E-state index in [0.717, 1.165) is 12.3 Å². The Kier molecular flexibility index (Phi) is 9.35. The minimum Gasteiger partial charge on any atom is -0.490 e. The summed E-state index contributed by atoms with van der Waals surface area (Å²) in [5.41, 5.74) is 5.67. The largest absolute Gasteiger partial charge is 0.490 e. The molecule has 0 bridgehead atoms. The maximum Gasteiger partial charge on any atom is 0.188 e. The van der Waals surface area contributed by atoms with Gasteiger partial charge in [-0.25, -0.2) is 0 Å². The molecule has 0 unspecified atom stereocenters. The molecule has 0 amide bonds. The molecule has 1 heterocycles. The Bertz CT molecular complexity index is 343. The first-order valence-corrected chi connectivity index (χ1v) is 5.75. The molecule has 1 rings (SSSR count). The zero-order valence-electron chi connectivity index (χ0n) is 10.8. The molecule has 6 heteroatoms. The van der Waals surface area contributed by atoms with Crippen molar-refractivity contribution in [3.8, 4) is 5.75 Å². The second-order valence-corrected chi connectivity index (χ2v) is 4.08. The lowest BCUT2D eigenvalue weighted by Crippen LogP contribution is -2.35. The van der Waals surface area contributed by atoms with Gasteiger partial charge in [-0.3, -0.25) is 9.98 Å². The molecule has 1 aromatic heterocycles. The van der Waals surface area contributed by atoms with Gasteiger partial charge in [0.15, 0.2) is 5.96 Å². The Labute approximate surface area is 125 Å². The maximum absolute atomic E-state index is 5.67. The second-order valence-electron chi connectivity index (χ2n) is 4.08. The van der Waals surface area contributed by atoms with E-state index in [-0.39, 0.29) is 24.0 Å². The topological polar surface area (TPSA) is 72.5 Å². The van der Waals surface area contributed by atoms with Crippen LogP contribution in [0.2, 0.25) is 0 Å². The van der Waals surface area contributed by atoms with Crippen LogP contribution in [0.3, 0.4) is 0 Å². The van der Waals surface area contributed by atoms with Crippen LogP contribution in [0.4, 0.5) is 0 Å². The Balaban J connectivity index is 0.00000289. The van der Waals surface area contributed by atoms with E-state index in [0.29, 0.717) is 25.0 Å². The Hall–Kier alpha value is -1.05. The Morgan fingerprint density at radius 2 is 2.33 bits per heavy atom. The molecular formula is C12H21IN4O. The smallest absolute Gasteiger partial charge is 0.188 e. The molecule has 0 saturated heterocycles. The van der Waals surface area contributed by atoms with Crippen LogP contribution in [0.25, 0.3) is 0 Å². The van der Waals surface area contributed by atoms with Crippen molar-refractivity contribution in [2.24, 2.45) is 16.6 Å². The van der Waals surface area contributed by atoms with Crippen LogP contribution >= 0.6 is 24.0 Å². The number of aliphatic imine (C=N–C) groups is 1. The van der Waals surface area contributed by atoms with Gasteiger partial charge in [0, 0.05) is 12.7 Å². The number of ether oxygens (including phenoxy) is 1. The van der Waals surface area contributed by atoms with Gasteiger partial charge in [0.25, 0.3) is 0 Å². The van der Waals surface area contributed by atoms with Gasteiger partial charge in [-0.15, -0.1) is 24.0 Å². The van der Waals surface area contributed by atoms with E-state index < -0.39 is 0 Å². The zero-order chi connectivity index (χ0) is 12.5. The molecule has 1 aromatic rings. The SMILES string of the molecule is CC(C)CN=C(N)NCCOc1cccnc1.I. The summed E-state index contributed by atoms with van der Waals surface area (Å²) in [5, 5.41) is 2.99. The van der Waals surface area contributed by atoms with Crippen LogP contribution in [0.5, 0.6) is 5.75 Å². The standard InChI is InChI=1S/C12H20N4O.HI/c1-10(2)8-16-12(13)15-6-7-17-11-4-3-5-14-9-11;/h3-5,9-10H,6-8H2,1-2H3,(H3,13,15,16);1H. The highest BCUT2D eigenvalue weighted by Gasteiger charge is 1.95. The van der Waals surface area contributed by atoms with E-state index in [1.165, 1.54) is 0 Å². The van der Waals surface area contributed by atoms with Crippen LogP contribution in [-0.2, 0) is 0 Å². The number of aromatic nitrogens is 1. The third-order valence-corrected chi connectivity index (χ3v) is 1.94. The van der Waals surface area contributed by atoms with Gasteiger partial charge in [-0.1, -0.05) is 13.8 Å². The van der Waals surface area contributed by atoms with Crippen molar-refractivity contribution < 1.29 is 4.74 Å². The maximum atomic E-state index is 5.67. The summed E-state index contributed by atoms with van der Waals surface area (Å²) in [5.74, 6) is 1.74. The molecule has 0 saturated carbocycles. The Morgan fingerprint density at radius 3 is 2.94 bits per heavy atom. The van der Waals surface area contributed by atoms with E-state index in [1.807, 2.05) is 12.1 Å². The van der Waals surface area contributed by atoms with Crippen molar-refractivity contribution in [1.29, 1.82) is 0 Å². The number of hydrogen-bond acceptors (Lipinski definition) is 3. The van der Waals surface area contributed by atoms with E-state index in [9.17, 15) is 0 Å². The molecule has 3 N–H and O–H groups in total. The molecule has 0 aromatic carbocycles. The molecule has 0 aliphatic carbocycles. The monoisotopic (exact) mass is 364 g/mol. The van der Waals surface area contributed by atoms with Crippen LogP contribution in [-0.4, -0.2) is 30.6 Å². The predicted octanol–water partition coefficient (Wildman–Crippen LogP) is 1.64. The highest BCUT2D eigenvalue weighted by Crippen LogP contribution is 2.04. The summed E-state index contributed by atoms with van der Waals surface area (Å²) in [7, 11) is 0. The van der Waals surface area contributed by atoms with Crippen molar-refractivity contribution in [2.75, 3.05) is 19.7 Å². The first-order chi connectivity index (χ1) is 8.18. The molecule has 102 valence electrons. The van der Waals surface area contributed by atoms with E-state index in [1.54, 1.807) is 12.4 Å². The summed E-state index contributed by atoms with van der Waals surface area (Å²) in [6.45, 7) is 6.10. The van der Waals surface area contributed by atoms with Crippen molar-refractivity contribution >= 4 is 29.9 Å². The molecular weight excluding hydrogens is 343 g/mol. The van der Waals surface area contributed by atoms with E-state index in [4.69, 9.17) is 10.5 Å². The fourth-order valence-corrected chi connectivity index (χ4v) is 1.12. The quantitative estimate of drug-likeness (QED) is 0.348. The van der Waals surface area contributed by atoms with Crippen molar-refractivity contribution in [3.05, 3.63) is 24.5 Å².